The van der Waals surface area contributed by atoms with Crippen molar-refractivity contribution in [1.82, 2.24) is 9.55 Å². The van der Waals surface area contributed by atoms with Crippen LogP contribution in [0, 0.1) is 6.92 Å². The zero-order valence-corrected chi connectivity index (χ0v) is 12.6. The molecule has 4 N–H and O–H groups in total. The van der Waals surface area contributed by atoms with Crippen molar-refractivity contribution in [2.45, 2.75) is 31.8 Å². The zero-order chi connectivity index (χ0) is 16.5. The van der Waals surface area contributed by atoms with E-state index in [-0.39, 0.29) is 6.42 Å². The minimum absolute atomic E-state index is 0.0499. The number of aliphatic hydroxyl groups is 2. The van der Waals surface area contributed by atoms with Crippen molar-refractivity contribution in [3.8, 4) is 0 Å². The molecule has 1 saturated heterocycles. The van der Waals surface area contributed by atoms with Crippen molar-refractivity contribution >= 4 is 7.60 Å². The van der Waals surface area contributed by atoms with Crippen molar-refractivity contribution in [3.63, 3.8) is 0 Å². The summed E-state index contributed by atoms with van der Waals surface area (Å²) >= 11 is 0. The van der Waals surface area contributed by atoms with Crippen molar-refractivity contribution in [3.05, 3.63) is 32.6 Å². The SMILES string of the molecule is Cc1cn([C@H]2C[C@H](O)[C@@H](COP(=O)(O)CO)O2)c(=O)[nH]c1=O. The van der Waals surface area contributed by atoms with Crippen LogP contribution in [0.25, 0.3) is 0 Å². The fraction of sp³-hybridized carbons (Fsp3) is 0.636. The van der Waals surface area contributed by atoms with Crippen molar-refractivity contribution in [2.75, 3.05) is 13.0 Å². The van der Waals surface area contributed by atoms with Gasteiger partial charge in [0.25, 0.3) is 5.56 Å². The third-order valence-electron chi connectivity index (χ3n) is 3.28. The molecule has 0 amide bonds. The summed E-state index contributed by atoms with van der Waals surface area (Å²) < 4.78 is 22.4. The van der Waals surface area contributed by atoms with Crippen LogP contribution in [0.2, 0.25) is 0 Å². The summed E-state index contributed by atoms with van der Waals surface area (Å²) in [6.07, 6.45) is -2.48. The summed E-state index contributed by atoms with van der Waals surface area (Å²) in [7, 11) is -4.12. The van der Waals surface area contributed by atoms with Gasteiger partial charge in [-0.2, -0.15) is 0 Å². The number of hydrogen-bond donors (Lipinski definition) is 4. The number of ether oxygens (including phenoxy) is 1. The van der Waals surface area contributed by atoms with Crippen LogP contribution in [0.1, 0.15) is 18.2 Å². The lowest BCUT2D eigenvalue weighted by Gasteiger charge is -2.17. The highest BCUT2D eigenvalue weighted by Crippen LogP contribution is 2.41. The number of aromatic nitrogens is 2. The van der Waals surface area contributed by atoms with Gasteiger partial charge in [-0.15, -0.1) is 0 Å². The number of hydrogen-bond acceptors (Lipinski definition) is 7. The molecule has 1 aromatic rings. The van der Waals surface area contributed by atoms with Gasteiger partial charge in [-0.25, -0.2) is 4.79 Å². The molecule has 1 fully saturated rings. The van der Waals surface area contributed by atoms with E-state index in [1.165, 1.54) is 13.1 Å². The van der Waals surface area contributed by atoms with Gasteiger partial charge in [0.05, 0.1) is 12.7 Å². The van der Waals surface area contributed by atoms with Gasteiger partial charge in [0, 0.05) is 18.2 Å². The monoisotopic (exact) mass is 336 g/mol. The molecule has 22 heavy (non-hydrogen) atoms. The summed E-state index contributed by atoms with van der Waals surface area (Å²) in [5, 5.41) is 18.5. The third kappa shape index (κ3) is 3.72. The minimum Gasteiger partial charge on any atom is -0.390 e. The first-order valence-electron chi connectivity index (χ1n) is 6.46. The quantitative estimate of drug-likeness (QED) is 0.482. The van der Waals surface area contributed by atoms with E-state index < -0.39 is 50.2 Å². The number of aryl methyl sites for hydroxylation is 1. The second kappa shape index (κ2) is 6.45. The number of rotatable bonds is 5. The standard InChI is InChI=1S/C11H17N2O8P/c1-6-3-13(11(17)12-10(6)16)9-2-7(15)8(21-9)4-20-22(18,19)5-14/h3,7-9,14-15H,2,4-5H2,1H3,(H,18,19)(H,12,16,17)/t7-,8+,9+/m0/s1. The van der Waals surface area contributed by atoms with E-state index in [1.807, 2.05) is 0 Å². The number of aromatic amines is 1. The molecule has 1 aromatic heterocycles. The maximum absolute atomic E-state index is 11.8. The molecule has 4 atom stereocenters. The van der Waals surface area contributed by atoms with E-state index in [9.17, 15) is 19.3 Å². The molecule has 0 aliphatic carbocycles. The molecular weight excluding hydrogens is 319 g/mol. The molecule has 0 radical (unpaired) electrons. The van der Waals surface area contributed by atoms with E-state index in [1.54, 1.807) is 0 Å². The maximum Gasteiger partial charge on any atom is 0.353 e. The van der Waals surface area contributed by atoms with Crippen LogP contribution in [0.3, 0.4) is 0 Å². The van der Waals surface area contributed by atoms with Gasteiger partial charge in [-0.1, -0.05) is 0 Å². The first-order valence-corrected chi connectivity index (χ1v) is 8.22. The van der Waals surface area contributed by atoms with E-state index in [2.05, 4.69) is 9.51 Å². The lowest BCUT2D eigenvalue weighted by atomic mass is 10.2. The Balaban J connectivity index is 2.11. The molecule has 1 unspecified atom stereocenters. The highest BCUT2D eigenvalue weighted by Gasteiger charge is 2.37. The Kier molecular flexibility index (Phi) is 5.00. The Morgan fingerprint density at radius 1 is 1.55 bits per heavy atom. The van der Waals surface area contributed by atoms with Crippen LogP contribution in [0.15, 0.2) is 15.8 Å². The van der Waals surface area contributed by atoms with Crippen molar-refractivity contribution < 1.29 is 28.9 Å². The summed E-state index contributed by atoms with van der Waals surface area (Å²) in [5.74, 6) is 0. The number of H-pyrrole nitrogens is 1. The molecule has 11 heteroatoms. The molecule has 0 aromatic carbocycles. The van der Waals surface area contributed by atoms with E-state index >= 15 is 0 Å². The topological polar surface area (TPSA) is 151 Å². The van der Waals surface area contributed by atoms with Gasteiger partial charge < -0.3 is 24.4 Å². The average Bonchev–Trinajstić information content (AvgIpc) is 2.82. The van der Waals surface area contributed by atoms with Crippen LogP contribution in [0.5, 0.6) is 0 Å². The fourth-order valence-corrected chi connectivity index (χ4v) is 2.53. The second-order valence-corrected chi connectivity index (χ2v) is 6.80. The minimum atomic E-state index is -4.12. The van der Waals surface area contributed by atoms with Crippen molar-refractivity contribution in [2.24, 2.45) is 0 Å². The second-order valence-electron chi connectivity index (χ2n) is 4.99. The van der Waals surface area contributed by atoms with Gasteiger partial charge in [0.1, 0.15) is 18.7 Å². The average molecular weight is 336 g/mol. The number of nitrogens with zero attached hydrogens (tertiary/aromatic N) is 1. The Labute approximate surface area is 124 Å². The lowest BCUT2D eigenvalue weighted by Crippen LogP contribution is -2.33. The summed E-state index contributed by atoms with van der Waals surface area (Å²) in [6, 6.07) is 0. The van der Waals surface area contributed by atoms with E-state index in [0.717, 1.165) is 4.57 Å². The fourth-order valence-electron chi connectivity index (χ4n) is 2.07. The predicted octanol–water partition coefficient (Wildman–Crippen LogP) is -1.35. The highest BCUT2D eigenvalue weighted by atomic mass is 31.2. The molecule has 2 heterocycles. The smallest absolute Gasteiger partial charge is 0.353 e. The van der Waals surface area contributed by atoms with Crippen LogP contribution in [-0.2, 0) is 13.8 Å². The molecular formula is C11H17N2O8P. The van der Waals surface area contributed by atoms with Gasteiger partial charge >= 0.3 is 13.3 Å². The van der Waals surface area contributed by atoms with E-state index in [4.69, 9.17) is 14.7 Å². The molecule has 0 saturated carbocycles. The van der Waals surface area contributed by atoms with Gasteiger partial charge in [-0.3, -0.25) is 18.9 Å². The van der Waals surface area contributed by atoms with Gasteiger partial charge in [0.2, 0.25) is 0 Å². The van der Waals surface area contributed by atoms with Crippen LogP contribution in [-0.4, -0.2) is 49.8 Å². The largest absolute Gasteiger partial charge is 0.390 e. The van der Waals surface area contributed by atoms with Crippen LogP contribution >= 0.6 is 7.60 Å². The first kappa shape index (κ1) is 17.1. The lowest BCUT2D eigenvalue weighted by molar-refractivity contribution is -0.0430. The van der Waals surface area contributed by atoms with Gasteiger partial charge in [0.15, 0.2) is 0 Å². The number of aliphatic hydroxyl groups excluding tert-OH is 2. The summed E-state index contributed by atoms with van der Waals surface area (Å²) in [5.41, 5.74) is -0.890. The predicted molar refractivity (Wildman–Crippen MR) is 73.5 cm³/mol. The first-order chi connectivity index (χ1) is 10.2. The Bertz CT molecular complexity index is 698. The van der Waals surface area contributed by atoms with Crippen LogP contribution in [0.4, 0.5) is 0 Å². The van der Waals surface area contributed by atoms with Gasteiger partial charge in [-0.05, 0) is 6.92 Å². The molecule has 124 valence electrons. The molecule has 10 nitrogen and oxygen atoms in total. The molecule has 0 bridgehead atoms. The normalized spacial score (nSPS) is 27.7. The highest BCUT2D eigenvalue weighted by molar-refractivity contribution is 7.52. The zero-order valence-electron chi connectivity index (χ0n) is 11.7. The molecule has 0 spiro atoms. The van der Waals surface area contributed by atoms with Crippen LogP contribution < -0.4 is 11.2 Å². The number of nitrogens with one attached hydrogen (secondary N) is 1. The summed E-state index contributed by atoms with van der Waals surface area (Å²) in [6.45, 7) is 1.10. The Morgan fingerprint density at radius 3 is 2.86 bits per heavy atom. The molecule has 2 rings (SSSR count). The summed E-state index contributed by atoms with van der Waals surface area (Å²) in [4.78, 5) is 34.3. The molecule has 1 aliphatic rings. The molecule has 1 aliphatic heterocycles. The Hall–Kier alpha value is -1.29. The third-order valence-corrected chi connectivity index (χ3v) is 4.19. The Morgan fingerprint density at radius 2 is 2.23 bits per heavy atom. The van der Waals surface area contributed by atoms with E-state index in [0.29, 0.717) is 5.56 Å². The van der Waals surface area contributed by atoms with Crippen molar-refractivity contribution in [1.29, 1.82) is 0 Å². The maximum atomic E-state index is 11.8.